The SMILES string of the molecule is CN=C(NCCCn1cccn1)NCc1cccc2cccnc12.I. The van der Waals surface area contributed by atoms with Crippen molar-refractivity contribution >= 4 is 40.8 Å². The van der Waals surface area contributed by atoms with Crippen LogP contribution in [0.15, 0.2) is 60.0 Å². The third kappa shape index (κ3) is 5.42. The summed E-state index contributed by atoms with van der Waals surface area (Å²) in [6.07, 6.45) is 6.58. The zero-order valence-electron chi connectivity index (χ0n) is 14.2. The third-order valence-electron chi connectivity index (χ3n) is 3.80. The van der Waals surface area contributed by atoms with Gasteiger partial charge in [0, 0.05) is 50.7 Å². The Kier molecular flexibility index (Phi) is 7.65. The highest BCUT2D eigenvalue weighted by Gasteiger charge is 2.03. The second kappa shape index (κ2) is 9.97. The van der Waals surface area contributed by atoms with Crippen LogP contribution in [0.4, 0.5) is 0 Å². The van der Waals surface area contributed by atoms with Gasteiger partial charge < -0.3 is 10.6 Å². The summed E-state index contributed by atoms with van der Waals surface area (Å²) in [7, 11) is 1.78. The molecular weight excluding hydrogens is 427 g/mol. The van der Waals surface area contributed by atoms with Gasteiger partial charge in [0.25, 0.3) is 0 Å². The first-order valence-electron chi connectivity index (χ1n) is 8.11. The number of rotatable bonds is 6. The standard InChI is InChI=1S/C18H22N6.HI/c1-19-18(21-10-4-12-24-13-5-11-23-24)22-14-16-7-2-6-15-8-3-9-20-17(15)16;/h2-3,5-9,11,13H,4,10,12,14H2,1H3,(H2,19,21,22);1H. The molecule has 0 saturated heterocycles. The van der Waals surface area contributed by atoms with E-state index in [0.29, 0.717) is 6.54 Å². The summed E-state index contributed by atoms with van der Waals surface area (Å²) in [5.74, 6) is 0.795. The number of pyridine rings is 1. The molecule has 2 N–H and O–H groups in total. The second-order valence-corrected chi connectivity index (χ2v) is 5.47. The van der Waals surface area contributed by atoms with E-state index in [-0.39, 0.29) is 24.0 Å². The molecule has 0 aliphatic carbocycles. The highest BCUT2D eigenvalue weighted by molar-refractivity contribution is 14.0. The van der Waals surface area contributed by atoms with Crippen LogP contribution >= 0.6 is 24.0 Å². The van der Waals surface area contributed by atoms with Gasteiger partial charge >= 0.3 is 0 Å². The summed E-state index contributed by atoms with van der Waals surface area (Å²) in [5.41, 5.74) is 2.19. The van der Waals surface area contributed by atoms with Gasteiger partial charge in [-0.15, -0.1) is 24.0 Å². The van der Waals surface area contributed by atoms with E-state index in [0.717, 1.165) is 41.9 Å². The van der Waals surface area contributed by atoms with Crippen molar-refractivity contribution in [2.45, 2.75) is 19.5 Å². The fourth-order valence-electron chi connectivity index (χ4n) is 2.59. The molecule has 7 heteroatoms. The summed E-state index contributed by atoms with van der Waals surface area (Å²) >= 11 is 0. The minimum atomic E-state index is 0. The Morgan fingerprint density at radius 2 is 2.00 bits per heavy atom. The molecule has 0 unspecified atom stereocenters. The number of fused-ring (bicyclic) bond motifs is 1. The smallest absolute Gasteiger partial charge is 0.191 e. The number of aryl methyl sites for hydroxylation is 1. The lowest BCUT2D eigenvalue weighted by Gasteiger charge is -2.13. The first-order chi connectivity index (χ1) is 11.9. The molecule has 0 spiro atoms. The minimum absolute atomic E-state index is 0. The first kappa shape index (κ1) is 19.2. The maximum Gasteiger partial charge on any atom is 0.191 e. The van der Waals surface area contributed by atoms with Crippen molar-refractivity contribution in [3.8, 4) is 0 Å². The Morgan fingerprint density at radius 3 is 2.80 bits per heavy atom. The van der Waals surface area contributed by atoms with Gasteiger partial charge in [-0.25, -0.2) is 0 Å². The first-order valence-corrected chi connectivity index (χ1v) is 8.11. The Labute approximate surface area is 164 Å². The lowest BCUT2D eigenvalue weighted by Crippen LogP contribution is -2.37. The number of hydrogen-bond acceptors (Lipinski definition) is 3. The molecule has 0 atom stereocenters. The maximum atomic E-state index is 4.48. The Bertz CT molecular complexity index is 795. The number of guanidine groups is 1. The van der Waals surface area contributed by atoms with Gasteiger partial charge in [0.05, 0.1) is 5.52 Å². The zero-order chi connectivity index (χ0) is 16.6. The molecule has 0 radical (unpaired) electrons. The molecule has 2 heterocycles. The van der Waals surface area contributed by atoms with E-state index in [1.807, 2.05) is 29.2 Å². The summed E-state index contributed by atoms with van der Waals surface area (Å²) in [5, 5.41) is 12.0. The van der Waals surface area contributed by atoms with Crippen LogP contribution in [0, 0.1) is 0 Å². The molecule has 0 amide bonds. The number of hydrogen-bond donors (Lipinski definition) is 2. The number of aromatic nitrogens is 3. The molecule has 0 aliphatic rings. The van der Waals surface area contributed by atoms with Crippen molar-refractivity contribution in [3.63, 3.8) is 0 Å². The van der Waals surface area contributed by atoms with Gasteiger partial charge in [-0.2, -0.15) is 5.10 Å². The van der Waals surface area contributed by atoms with Crippen LogP contribution in [0.2, 0.25) is 0 Å². The van der Waals surface area contributed by atoms with Crippen LogP contribution in [0.1, 0.15) is 12.0 Å². The van der Waals surface area contributed by atoms with Gasteiger partial charge in [0.2, 0.25) is 0 Å². The van der Waals surface area contributed by atoms with Gasteiger partial charge in [0.1, 0.15) is 0 Å². The quantitative estimate of drug-likeness (QED) is 0.262. The largest absolute Gasteiger partial charge is 0.356 e. The number of halogens is 1. The Balaban J connectivity index is 0.00000225. The fourth-order valence-corrected chi connectivity index (χ4v) is 2.59. The summed E-state index contributed by atoms with van der Waals surface area (Å²) in [4.78, 5) is 8.75. The summed E-state index contributed by atoms with van der Waals surface area (Å²) in [6, 6.07) is 12.2. The van der Waals surface area contributed by atoms with Gasteiger partial charge in [0.15, 0.2) is 5.96 Å². The molecule has 25 heavy (non-hydrogen) atoms. The fraction of sp³-hybridized carbons (Fsp3) is 0.278. The van der Waals surface area contributed by atoms with Crippen molar-refractivity contribution < 1.29 is 0 Å². The van der Waals surface area contributed by atoms with E-state index in [1.165, 1.54) is 0 Å². The Hall–Kier alpha value is -2.16. The van der Waals surface area contributed by atoms with Crippen molar-refractivity contribution in [3.05, 3.63) is 60.6 Å². The van der Waals surface area contributed by atoms with Crippen molar-refractivity contribution in [1.82, 2.24) is 25.4 Å². The second-order valence-electron chi connectivity index (χ2n) is 5.47. The monoisotopic (exact) mass is 450 g/mol. The predicted octanol–water partition coefficient (Wildman–Crippen LogP) is 2.80. The lowest BCUT2D eigenvalue weighted by molar-refractivity contribution is 0.570. The van der Waals surface area contributed by atoms with E-state index in [9.17, 15) is 0 Å². The summed E-state index contributed by atoms with van der Waals surface area (Å²) < 4.78 is 1.93. The van der Waals surface area contributed by atoms with Crippen LogP contribution in [0.5, 0.6) is 0 Å². The predicted molar refractivity (Wildman–Crippen MR) is 112 cm³/mol. The molecule has 132 valence electrons. The minimum Gasteiger partial charge on any atom is -0.356 e. The number of nitrogens with one attached hydrogen (secondary N) is 2. The van der Waals surface area contributed by atoms with Crippen molar-refractivity contribution in [1.29, 1.82) is 0 Å². The maximum absolute atomic E-state index is 4.48. The normalized spacial score (nSPS) is 11.2. The average Bonchev–Trinajstić information content (AvgIpc) is 3.14. The molecule has 0 saturated carbocycles. The van der Waals surface area contributed by atoms with E-state index >= 15 is 0 Å². The average molecular weight is 450 g/mol. The molecule has 0 bridgehead atoms. The van der Waals surface area contributed by atoms with Crippen LogP contribution in [-0.4, -0.2) is 34.3 Å². The van der Waals surface area contributed by atoms with Crippen LogP contribution < -0.4 is 10.6 Å². The zero-order valence-corrected chi connectivity index (χ0v) is 16.6. The molecule has 0 fully saturated rings. The molecule has 3 aromatic rings. The number of benzene rings is 1. The van der Waals surface area contributed by atoms with Crippen molar-refractivity contribution in [2.24, 2.45) is 4.99 Å². The Morgan fingerprint density at radius 1 is 1.12 bits per heavy atom. The van der Waals surface area contributed by atoms with Gasteiger partial charge in [-0.05, 0) is 24.1 Å². The van der Waals surface area contributed by atoms with Crippen LogP contribution in [0.25, 0.3) is 10.9 Å². The van der Waals surface area contributed by atoms with Gasteiger partial charge in [-0.3, -0.25) is 14.7 Å². The number of para-hydroxylation sites is 1. The van der Waals surface area contributed by atoms with E-state index < -0.39 is 0 Å². The molecule has 6 nitrogen and oxygen atoms in total. The number of aliphatic imine (C=N–C) groups is 1. The van der Waals surface area contributed by atoms with Crippen molar-refractivity contribution in [2.75, 3.05) is 13.6 Å². The highest BCUT2D eigenvalue weighted by Crippen LogP contribution is 2.15. The van der Waals surface area contributed by atoms with Gasteiger partial charge in [-0.1, -0.05) is 24.3 Å². The lowest BCUT2D eigenvalue weighted by atomic mass is 10.1. The molecule has 2 aromatic heterocycles. The van der Waals surface area contributed by atoms with Crippen LogP contribution in [-0.2, 0) is 13.1 Å². The highest BCUT2D eigenvalue weighted by atomic mass is 127. The molecular formula is C18H23IN6. The van der Waals surface area contributed by atoms with E-state index in [1.54, 1.807) is 13.2 Å². The number of nitrogens with zero attached hydrogens (tertiary/aromatic N) is 4. The molecule has 1 aromatic carbocycles. The van der Waals surface area contributed by atoms with E-state index in [2.05, 4.69) is 50.0 Å². The molecule has 3 rings (SSSR count). The third-order valence-corrected chi connectivity index (χ3v) is 3.80. The van der Waals surface area contributed by atoms with E-state index in [4.69, 9.17) is 0 Å². The summed E-state index contributed by atoms with van der Waals surface area (Å²) in [6.45, 7) is 2.42. The van der Waals surface area contributed by atoms with Crippen LogP contribution in [0.3, 0.4) is 0 Å². The topological polar surface area (TPSA) is 67.1 Å². The molecule has 0 aliphatic heterocycles.